The molecule has 0 amide bonds. The normalized spacial score (nSPS) is 16.1. The van der Waals surface area contributed by atoms with Gasteiger partial charge < -0.3 is 19.7 Å². The molecule has 0 aliphatic carbocycles. The highest BCUT2D eigenvalue weighted by Gasteiger charge is 2.13. The number of nitrogens with one attached hydrogen (secondary N) is 1. The molecule has 1 fully saturated rings. The topological polar surface area (TPSA) is 65.7 Å². The largest absolute Gasteiger partial charge is 0.478 e. The number of hydrogen-bond acceptors (Lipinski definition) is 4. The van der Waals surface area contributed by atoms with E-state index < -0.39 is 5.97 Å². The Labute approximate surface area is 113 Å². The van der Waals surface area contributed by atoms with Crippen molar-refractivity contribution in [2.75, 3.05) is 26.2 Å². The minimum atomic E-state index is -0.929. The Bertz CT molecular complexity index is 422. The molecule has 106 valence electrons. The average Bonchev–Trinajstić information content (AvgIpc) is 2.98. The molecule has 1 aromatic rings. The van der Waals surface area contributed by atoms with Gasteiger partial charge in [-0.1, -0.05) is 0 Å². The number of furan rings is 1. The Balaban J connectivity index is 1.65. The van der Waals surface area contributed by atoms with E-state index in [1.165, 1.54) is 25.9 Å². The molecule has 1 aliphatic rings. The first kappa shape index (κ1) is 14.1. The molecule has 1 saturated heterocycles. The number of carboxylic acids is 1. The van der Waals surface area contributed by atoms with E-state index in [4.69, 9.17) is 9.52 Å². The molecule has 5 nitrogen and oxygen atoms in total. The van der Waals surface area contributed by atoms with Gasteiger partial charge in [-0.05, 0) is 58.4 Å². The summed E-state index contributed by atoms with van der Waals surface area (Å²) in [4.78, 5) is 13.4. The minimum Gasteiger partial charge on any atom is -0.478 e. The van der Waals surface area contributed by atoms with Crippen molar-refractivity contribution in [3.63, 3.8) is 0 Å². The lowest BCUT2D eigenvalue weighted by Crippen LogP contribution is -2.24. The number of aryl methyl sites for hydroxylation is 1. The molecule has 19 heavy (non-hydrogen) atoms. The molecule has 1 aromatic heterocycles. The molecule has 5 heteroatoms. The third kappa shape index (κ3) is 4.08. The summed E-state index contributed by atoms with van der Waals surface area (Å²) in [5.74, 6) is 0.235. The Morgan fingerprint density at radius 2 is 2.21 bits per heavy atom. The maximum Gasteiger partial charge on any atom is 0.339 e. The van der Waals surface area contributed by atoms with Crippen LogP contribution in [0.25, 0.3) is 0 Å². The summed E-state index contributed by atoms with van der Waals surface area (Å²) in [5.41, 5.74) is 0.258. The molecule has 1 aliphatic heterocycles. The first-order chi connectivity index (χ1) is 9.16. The summed E-state index contributed by atoms with van der Waals surface area (Å²) in [6.45, 7) is 6.82. The van der Waals surface area contributed by atoms with Crippen molar-refractivity contribution < 1.29 is 14.3 Å². The number of rotatable bonds is 7. The second-order valence-corrected chi connectivity index (χ2v) is 5.07. The van der Waals surface area contributed by atoms with Gasteiger partial charge >= 0.3 is 5.97 Å². The van der Waals surface area contributed by atoms with E-state index in [-0.39, 0.29) is 5.56 Å². The first-order valence-corrected chi connectivity index (χ1v) is 6.92. The smallest absolute Gasteiger partial charge is 0.339 e. The van der Waals surface area contributed by atoms with Gasteiger partial charge in [0, 0.05) is 0 Å². The van der Waals surface area contributed by atoms with Crippen LogP contribution in [-0.2, 0) is 6.54 Å². The van der Waals surface area contributed by atoms with Crippen LogP contribution in [0, 0.1) is 6.92 Å². The van der Waals surface area contributed by atoms with E-state index in [1.54, 1.807) is 13.0 Å². The van der Waals surface area contributed by atoms with Gasteiger partial charge in [0.15, 0.2) is 0 Å². The maximum atomic E-state index is 10.9. The van der Waals surface area contributed by atoms with Crippen molar-refractivity contribution in [2.24, 2.45) is 0 Å². The van der Waals surface area contributed by atoms with Crippen LogP contribution < -0.4 is 5.32 Å². The van der Waals surface area contributed by atoms with Crippen LogP contribution in [0.2, 0.25) is 0 Å². The highest BCUT2D eigenvalue weighted by Crippen LogP contribution is 2.14. The fourth-order valence-electron chi connectivity index (χ4n) is 2.49. The lowest BCUT2D eigenvalue weighted by Gasteiger charge is -2.13. The molecule has 0 aromatic carbocycles. The van der Waals surface area contributed by atoms with Crippen LogP contribution in [0.1, 0.15) is 41.1 Å². The summed E-state index contributed by atoms with van der Waals surface area (Å²) >= 11 is 0. The highest BCUT2D eigenvalue weighted by molar-refractivity contribution is 5.88. The van der Waals surface area contributed by atoms with Gasteiger partial charge in [0.2, 0.25) is 0 Å². The zero-order valence-electron chi connectivity index (χ0n) is 11.4. The van der Waals surface area contributed by atoms with Crippen molar-refractivity contribution in [2.45, 2.75) is 32.7 Å². The molecule has 0 radical (unpaired) electrons. The molecule has 0 atom stereocenters. The average molecular weight is 266 g/mol. The standard InChI is InChI=1S/C14H22N2O3/c1-11-13(14(17)18)9-12(19-11)10-15-5-4-8-16-6-2-3-7-16/h9,15H,2-8,10H2,1H3,(H,17,18). The van der Waals surface area contributed by atoms with E-state index in [1.807, 2.05) is 0 Å². The first-order valence-electron chi connectivity index (χ1n) is 6.92. The number of hydrogen-bond donors (Lipinski definition) is 2. The molecular formula is C14H22N2O3. The van der Waals surface area contributed by atoms with Crippen LogP contribution in [0.3, 0.4) is 0 Å². The molecule has 0 spiro atoms. The predicted octanol–water partition coefficient (Wildman–Crippen LogP) is 1.86. The van der Waals surface area contributed by atoms with E-state index in [0.29, 0.717) is 18.1 Å². The van der Waals surface area contributed by atoms with Gasteiger partial charge in [-0.3, -0.25) is 0 Å². The molecule has 0 bridgehead atoms. The minimum absolute atomic E-state index is 0.258. The Morgan fingerprint density at radius 3 is 2.84 bits per heavy atom. The zero-order chi connectivity index (χ0) is 13.7. The van der Waals surface area contributed by atoms with Gasteiger partial charge in [-0.2, -0.15) is 0 Å². The quantitative estimate of drug-likeness (QED) is 0.737. The van der Waals surface area contributed by atoms with Crippen molar-refractivity contribution in [3.8, 4) is 0 Å². The molecule has 0 saturated carbocycles. The van der Waals surface area contributed by atoms with Crippen LogP contribution in [0.4, 0.5) is 0 Å². The monoisotopic (exact) mass is 266 g/mol. The molecule has 2 rings (SSSR count). The SMILES string of the molecule is Cc1oc(CNCCCN2CCCC2)cc1C(=O)O. The van der Waals surface area contributed by atoms with Crippen molar-refractivity contribution in [1.82, 2.24) is 10.2 Å². The Morgan fingerprint density at radius 1 is 1.47 bits per heavy atom. The fourth-order valence-corrected chi connectivity index (χ4v) is 2.49. The lowest BCUT2D eigenvalue weighted by molar-refractivity contribution is 0.0695. The molecule has 2 N–H and O–H groups in total. The predicted molar refractivity (Wildman–Crippen MR) is 72.4 cm³/mol. The maximum absolute atomic E-state index is 10.9. The molecule has 2 heterocycles. The van der Waals surface area contributed by atoms with E-state index in [0.717, 1.165) is 19.5 Å². The summed E-state index contributed by atoms with van der Waals surface area (Å²) in [6.07, 6.45) is 3.78. The lowest BCUT2D eigenvalue weighted by atomic mass is 10.2. The van der Waals surface area contributed by atoms with Crippen molar-refractivity contribution in [1.29, 1.82) is 0 Å². The highest BCUT2D eigenvalue weighted by atomic mass is 16.4. The van der Waals surface area contributed by atoms with Gasteiger partial charge in [-0.25, -0.2) is 4.79 Å². The summed E-state index contributed by atoms with van der Waals surface area (Å²) in [6, 6.07) is 1.60. The van der Waals surface area contributed by atoms with Gasteiger partial charge in [-0.15, -0.1) is 0 Å². The number of carbonyl (C=O) groups is 1. The van der Waals surface area contributed by atoms with Crippen LogP contribution >= 0.6 is 0 Å². The van der Waals surface area contributed by atoms with Crippen molar-refractivity contribution >= 4 is 5.97 Å². The Kier molecular flexibility index (Phi) is 4.99. The molecule has 0 unspecified atom stereocenters. The van der Waals surface area contributed by atoms with Crippen LogP contribution in [0.15, 0.2) is 10.5 Å². The van der Waals surface area contributed by atoms with Crippen LogP contribution in [-0.4, -0.2) is 42.2 Å². The fraction of sp³-hybridized carbons (Fsp3) is 0.643. The number of likely N-dealkylation sites (tertiary alicyclic amines) is 1. The van der Waals surface area contributed by atoms with E-state index >= 15 is 0 Å². The van der Waals surface area contributed by atoms with Gasteiger partial charge in [0.25, 0.3) is 0 Å². The summed E-state index contributed by atoms with van der Waals surface area (Å²) in [5, 5.41) is 12.2. The van der Waals surface area contributed by atoms with E-state index in [2.05, 4.69) is 10.2 Å². The van der Waals surface area contributed by atoms with Gasteiger partial charge in [0.05, 0.1) is 6.54 Å². The third-order valence-corrected chi connectivity index (χ3v) is 3.53. The second-order valence-electron chi connectivity index (χ2n) is 5.07. The number of carboxylic acid groups (broad SMARTS) is 1. The summed E-state index contributed by atoms with van der Waals surface area (Å²) in [7, 11) is 0. The summed E-state index contributed by atoms with van der Waals surface area (Å²) < 4.78 is 5.40. The number of nitrogens with zero attached hydrogens (tertiary/aromatic N) is 1. The van der Waals surface area contributed by atoms with Crippen molar-refractivity contribution in [3.05, 3.63) is 23.2 Å². The van der Waals surface area contributed by atoms with Gasteiger partial charge in [0.1, 0.15) is 17.1 Å². The third-order valence-electron chi connectivity index (χ3n) is 3.53. The zero-order valence-corrected chi connectivity index (χ0v) is 11.4. The second kappa shape index (κ2) is 6.73. The molecular weight excluding hydrogens is 244 g/mol. The number of aromatic carboxylic acids is 1. The van der Waals surface area contributed by atoms with Crippen LogP contribution in [0.5, 0.6) is 0 Å². The van der Waals surface area contributed by atoms with E-state index in [9.17, 15) is 4.79 Å². The Hall–Kier alpha value is -1.33.